The minimum absolute atomic E-state index is 0.168. The molecule has 0 unspecified atom stereocenters. The van der Waals surface area contributed by atoms with Gasteiger partial charge < -0.3 is 20.3 Å². The number of amides is 2. The van der Waals surface area contributed by atoms with Gasteiger partial charge in [-0.15, -0.1) is 11.3 Å². The minimum atomic E-state index is -0.168. The molecule has 3 rings (SSSR count). The summed E-state index contributed by atoms with van der Waals surface area (Å²) < 4.78 is 5.10. The first-order chi connectivity index (χ1) is 12.2. The molecule has 1 aliphatic heterocycles. The summed E-state index contributed by atoms with van der Waals surface area (Å²) in [6.45, 7) is 3.76. The summed E-state index contributed by atoms with van der Waals surface area (Å²) in [5, 5.41) is 7.92. The van der Waals surface area contributed by atoms with Crippen LogP contribution in [0.2, 0.25) is 0 Å². The molecule has 0 aliphatic carbocycles. The Morgan fingerprint density at radius 3 is 2.64 bits per heavy atom. The number of rotatable bonds is 6. The van der Waals surface area contributed by atoms with Gasteiger partial charge in [-0.1, -0.05) is 6.07 Å². The van der Waals surface area contributed by atoms with Gasteiger partial charge in [-0.3, -0.25) is 0 Å². The van der Waals surface area contributed by atoms with Crippen LogP contribution in [-0.2, 0) is 0 Å². The molecule has 6 heteroatoms. The molecule has 134 valence electrons. The second-order valence-electron chi connectivity index (χ2n) is 6.24. The molecule has 0 saturated carbocycles. The van der Waals surface area contributed by atoms with Crippen molar-refractivity contribution in [2.75, 3.05) is 38.6 Å². The van der Waals surface area contributed by atoms with Gasteiger partial charge in [0.1, 0.15) is 5.75 Å². The number of anilines is 1. The number of likely N-dealkylation sites (tertiary alicyclic amines) is 1. The number of methoxy groups -OCH3 is 1. The third kappa shape index (κ3) is 5.21. The van der Waals surface area contributed by atoms with E-state index in [1.165, 1.54) is 17.7 Å². The Balaban J connectivity index is 1.33. The molecule has 1 aromatic carbocycles. The second kappa shape index (κ2) is 8.87. The second-order valence-corrected chi connectivity index (χ2v) is 7.22. The van der Waals surface area contributed by atoms with E-state index in [1.54, 1.807) is 7.11 Å². The molecule has 2 N–H and O–H groups in total. The summed E-state index contributed by atoms with van der Waals surface area (Å²) in [7, 11) is 1.62. The third-order valence-corrected chi connectivity index (χ3v) is 5.63. The average molecular weight is 359 g/mol. The van der Waals surface area contributed by atoms with Gasteiger partial charge in [0, 0.05) is 23.7 Å². The lowest BCUT2D eigenvalue weighted by Gasteiger charge is -2.31. The van der Waals surface area contributed by atoms with Crippen LogP contribution in [0.5, 0.6) is 5.75 Å². The van der Waals surface area contributed by atoms with Crippen molar-refractivity contribution in [2.24, 2.45) is 0 Å². The Morgan fingerprint density at radius 1 is 1.24 bits per heavy atom. The van der Waals surface area contributed by atoms with Crippen molar-refractivity contribution >= 4 is 23.1 Å². The predicted octanol–water partition coefficient (Wildman–Crippen LogP) is 3.76. The Bertz CT molecular complexity index is 650. The summed E-state index contributed by atoms with van der Waals surface area (Å²) in [6, 6.07) is 11.5. The third-order valence-electron chi connectivity index (χ3n) is 4.59. The van der Waals surface area contributed by atoms with Crippen molar-refractivity contribution < 1.29 is 9.53 Å². The fourth-order valence-electron chi connectivity index (χ4n) is 3.14. The topological polar surface area (TPSA) is 53.6 Å². The van der Waals surface area contributed by atoms with Crippen LogP contribution in [0.25, 0.3) is 0 Å². The van der Waals surface area contributed by atoms with Crippen molar-refractivity contribution in [3.05, 3.63) is 46.7 Å². The number of urea groups is 1. The van der Waals surface area contributed by atoms with Crippen LogP contribution in [-0.4, -0.2) is 44.2 Å². The zero-order chi connectivity index (χ0) is 17.5. The molecule has 2 aromatic rings. The van der Waals surface area contributed by atoms with Gasteiger partial charge in [0.25, 0.3) is 0 Å². The molecule has 2 amide bonds. The van der Waals surface area contributed by atoms with E-state index >= 15 is 0 Å². The van der Waals surface area contributed by atoms with Crippen LogP contribution in [0.1, 0.15) is 23.6 Å². The first-order valence-electron chi connectivity index (χ1n) is 8.69. The summed E-state index contributed by atoms with van der Waals surface area (Å²) in [5.74, 6) is 1.49. The Hall–Kier alpha value is -2.05. The Labute approximate surface area is 153 Å². The van der Waals surface area contributed by atoms with E-state index in [9.17, 15) is 4.79 Å². The maximum absolute atomic E-state index is 11.9. The van der Waals surface area contributed by atoms with E-state index < -0.39 is 0 Å². The molecule has 0 spiro atoms. The zero-order valence-electron chi connectivity index (χ0n) is 14.5. The van der Waals surface area contributed by atoms with Crippen molar-refractivity contribution in [1.82, 2.24) is 10.2 Å². The van der Waals surface area contributed by atoms with E-state index in [0.29, 0.717) is 12.5 Å². The lowest BCUT2D eigenvalue weighted by Crippen LogP contribution is -2.40. The van der Waals surface area contributed by atoms with Crippen molar-refractivity contribution in [2.45, 2.75) is 18.8 Å². The largest absolute Gasteiger partial charge is 0.497 e. The maximum Gasteiger partial charge on any atom is 0.319 e. The molecular formula is C19H25N3O2S. The van der Waals surface area contributed by atoms with Crippen LogP contribution in [0.15, 0.2) is 41.8 Å². The van der Waals surface area contributed by atoms with Crippen LogP contribution >= 0.6 is 11.3 Å². The van der Waals surface area contributed by atoms with Gasteiger partial charge in [0.2, 0.25) is 0 Å². The summed E-state index contributed by atoms with van der Waals surface area (Å²) in [6.07, 6.45) is 2.41. The molecule has 1 fully saturated rings. The number of ether oxygens (including phenoxy) is 1. The molecule has 0 bridgehead atoms. The maximum atomic E-state index is 11.9. The zero-order valence-corrected chi connectivity index (χ0v) is 15.3. The molecular weight excluding hydrogens is 334 g/mol. The van der Waals surface area contributed by atoms with Gasteiger partial charge in [-0.2, -0.15) is 0 Å². The Kier molecular flexibility index (Phi) is 6.30. The number of nitrogens with one attached hydrogen (secondary N) is 2. The van der Waals surface area contributed by atoms with Gasteiger partial charge in [0.05, 0.1) is 7.11 Å². The lowest BCUT2D eigenvalue weighted by atomic mass is 9.95. The van der Waals surface area contributed by atoms with E-state index in [4.69, 9.17) is 4.74 Å². The molecule has 1 saturated heterocycles. The molecule has 5 nitrogen and oxygen atoms in total. The number of carbonyl (C=O) groups excluding carboxylic acids is 1. The SMILES string of the molecule is COc1ccc(NC(=O)NCCN2CCC(c3cccs3)CC2)cc1. The van der Waals surface area contributed by atoms with Crippen LogP contribution in [0.4, 0.5) is 10.5 Å². The van der Waals surface area contributed by atoms with Gasteiger partial charge in [-0.05, 0) is 67.6 Å². The number of thiophene rings is 1. The van der Waals surface area contributed by atoms with Crippen molar-refractivity contribution in [1.29, 1.82) is 0 Å². The number of carbonyl (C=O) groups is 1. The quantitative estimate of drug-likeness (QED) is 0.826. The van der Waals surface area contributed by atoms with Crippen molar-refractivity contribution in [3.8, 4) is 5.75 Å². The van der Waals surface area contributed by atoms with Crippen LogP contribution in [0.3, 0.4) is 0 Å². The lowest BCUT2D eigenvalue weighted by molar-refractivity contribution is 0.212. The number of nitrogens with zero attached hydrogens (tertiary/aromatic N) is 1. The molecule has 25 heavy (non-hydrogen) atoms. The number of hydrogen-bond acceptors (Lipinski definition) is 4. The van der Waals surface area contributed by atoms with Crippen LogP contribution in [0, 0.1) is 0 Å². The summed E-state index contributed by atoms with van der Waals surface area (Å²) in [4.78, 5) is 15.9. The summed E-state index contributed by atoms with van der Waals surface area (Å²) in [5.41, 5.74) is 0.759. The highest BCUT2D eigenvalue weighted by Gasteiger charge is 2.20. The molecule has 1 aromatic heterocycles. The van der Waals surface area contributed by atoms with Crippen LogP contribution < -0.4 is 15.4 Å². The highest BCUT2D eigenvalue weighted by atomic mass is 32.1. The fourth-order valence-corrected chi connectivity index (χ4v) is 4.04. The Morgan fingerprint density at radius 2 is 2.00 bits per heavy atom. The monoisotopic (exact) mass is 359 g/mol. The number of benzene rings is 1. The first-order valence-corrected chi connectivity index (χ1v) is 9.57. The highest BCUT2D eigenvalue weighted by molar-refractivity contribution is 7.10. The van der Waals surface area contributed by atoms with Gasteiger partial charge in [-0.25, -0.2) is 4.79 Å². The van der Waals surface area contributed by atoms with E-state index in [1.807, 2.05) is 35.6 Å². The molecule has 1 aliphatic rings. The molecule has 0 radical (unpaired) electrons. The van der Waals surface area contributed by atoms with Crippen molar-refractivity contribution in [3.63, 3.8) is 0 Å². The first kappa shape index (κ1) is 17.8. The number of piperidine rings is 1. The highest BCUT2D eigenvalue weighted by Crippen LogP contribution is 2.30. The normalized spacial score (nSPS) is 15.7. The average Bonchev–Trinajstić information content (AvgIpc) is 3.18. The van der Waals surface area contributed by atoms with E-state index in [2.05, 4.69) is 33.0 Å². The fraction of sp³-hybridized carbons (Fsp3) is 0.421. The smallest absolute Gasteiger partial charge is 0.319 e. The van der Waals surface area contributed by atoms with Gasteiger partial charge in [0.15, 0.2) is 0 Å². The summed E-state index contributed by atoms with van der Waals surface area (Å²) >= 11 is 1.86. The van der Waals surface area contributed by atoms with E-state index in [-0.39, 0.29) is 6.03 Å². The standard InChI is InChI=1S/C19H25N3O2S/c1-24-17-6-4-16(5-7-17)21-19(23)20-10-13-22-11-8-15(9-12-22)18-3-2-14-25-18/h2-7,14-15H,8-13H2,1H3,(H2,20,21,23). The van der Waals surface area contributed by atoms with E-state index in [0.717, 1.165) is 31.1 Å². The predicted molar refractivity (Wildman–Crippen MR) is 103 cm³/mol. The van der Waals surface area contributed by atoms with Gasteiger partial charge >= 0.3 is 6.03 Å². The molecule has 2 heterocycles. The number of hydrogen-bond donors (Lipinski definition) is 2. The molecule has 0 atom stereocenters. The minimum Gasteiger partial charge on any atom is -0.497 e.